The molecule has 0 unspecified atom stereocenters. The fraction of sp³-hybridized carbons (Fsp3) is 0.350. The number of para-hydroxylation sites is 2. The lowest BCUT2D eigenvalue weighted by Crippen LogP contribution is -2.50. The number of carbonyl (C=O) groups is 1. The van der Waals surface area contributed by atoms with Gasteiger partial charge < -0.3 is 19.1 Å². The molecule has 2 aromatic rings. The Morgan fingerprint density at radius 2 is 1.72 bits per heavy atom. The van der Waals surface area contributed by atoms with Crippen molar-refractivity contribution in [2.24, 2.45) is 0 Å². The second-order valence-corrected chi connectivity index (χ2v) is 6.23. The van der Waals surface area contributed by atoms with Crippen molar-refractivity contribution >= 4 is 5.91 Å². The van der Waals surface area contributed by atoms with E-state index in [1.807, 2.05) is 62.4 Å². The molecule has 5 heteroatoms. The molecule has 0 N–H and O–H groups in total. The average molecular weight is 341 g/mol. The van der Waals surface area contributed by atoms with E-state index in [-0.39, 0.29) is 12.0 Å². The van der Waals surface area contributed by atoms with Crippen LogP contribution in [0, 0.1) is 6.92 Å². The summed E-state index contributed by atoms with van der Waals surface area (Å²) in [5.41, 5.74) is 1.18. The molecule has 0 spiro atoms. The largest absolute Gasteiger partial charge is 0.492 e. The standard InChI is InChI=1S/C20H23NO4/c1-14-8-10-16(11-9-14)23-13-12-21(3)20(22)19-15(2)24-17-6-4-5-7-18(17)25-19/h4-11,15,19H,12-13H2,1-3H3/t15-,19-/m0/s1. The Hall–Kier alpha value is -2.69. The van der Waals surface area contributed by atoms with Crippen LogP contribution in [0.15, 0.2) is 48.5 Å². The first-order valence-corrected chi connectivity index (χ1v) is 8.41. The van der Waals surface area contributed by atoms with Gasteiger partial charge in [-0.1, -0.05) is 29.8 Å². The fourth-order valence-corrected chi connectivity index (χ4v) is 2.65. The van der Waals surface area contributed by atoms with E-state index in [9.17, 15) is 4.79 Å². The zero-order valence-corrected chi connectivity index (χ0v) is 14.8. The van der Waals surface area contributed by atoms with Crippen molar-refractivity contribution in [2.45, 2.75) is 26.1 Å². The van der Waals surface area contributed by atoms with E-state index in [2.05, 4.69) is 0 Å². The fourth-order valence-electron chi connectivity index (χ4n) is 2.65. The number of carbonyl (C=O) groups excluding carboxylic acids is 1. The Balaban J connectivity index is 1.54. The quantitative estimate of drug-likeness (QED) is 0.839. The highest BCUT2D eigenvalue weighted by molar-refractivity contribution is 5.82. The molecule has 2 aromatic carbocycles. The van der Waals surface area contributed by atoms with Gasteiger partial charge in [-0.25, -0.2) is 0 Å². The maximum absolute atomic E-state index is 12.7. The maximum Gasteiger partial charge on any atom is 0.267 e. The zero-order chi connectivity index (χ0) is 17.8. The Morgan fingerprint density at radius 1 is 1.08 bits per heavy atom. The van der Waals surface area contributed by atoms with Crippen molar-refractivity contribution in [3.63, 3.8) is 0 Å². The second-order valence-electron chi connectivity index (χ2n) is 6.23. The Bertz CT molecular complexity index is 729. The molecule has 0 radical (unpaired) electrons. The summed E-state index contributed by atoms with van der Waals surface area (Å²) in [6.07, 6.45) is -0.998. The monoisotopic (exact) mass is 341 g/mol. The predicted octanol–water partition coefficient (Wildman–Crippen LogP) is 3.06. The van der Waals surface area contributed by atoms with E-state index in [1.165, 1.54) is 5.56 Å². The molecular formula is C20H23NO4. The highest BCUT2D eigenvalue weighted by Gasteiger charge is 2.35. The number of nitrogens with zero attached hydrogens (tertiary/aromatic N) is 1. The average Bonchev–Trinajstić information content (AvgIpc) is 2.62. The van der Waals surface area contributed by atoms with Crippen LogP contribution in [-0.2, 0) is 4.79 Å². The van der Waals surface area contributed by atoms with Gasteiger partial charge in [0.25, 0.3) is 5.91 Å². The van der Waals surface area contributed by atoms with Gasteiger partial charge in [0.15, 0.2) is 11.5 Å². The topological polar surface area (TPSA) is 48.0 Å². The first kappa shape index (κ1) is 17.1. The van der Waals surface area contributed by atoms with Gasteiger partial charge in [-0.05, 0) is 38.1 Å². The van der Waals surface area contributed by atoms with Crippen LogP contribution in [0.2, 0.25) is 0 Å². The lowest BCUT2D eigenvalue weighted by Gasteiger charge is -2.33. The maximum atomic E-state index is 12.7. The summed E-state index contributed by atoms with van der Waals surface area (Å²) >= 11 is 0. The highest BCUT2D eigenvalue weighted by Crippen LogP contribution is 2.33. The third-order valence-corrected chi connectivity index (χ3v) is 4.18. The molecule has 0 saturated heterocycles. The lowest BCUT2D eigenvalue weighted by atomic mass is 10.1. The van der Waals surface area contributed by atoms with E-state index in [0.717, 1.165) is 5.75 Å². The van der Waals surface area contributed by atoms with Crippen LogP contribution in [0.1, 0.15) is 12.5 Å². The summed E-state index contributed by atoms with van der Waals surface area (Å²) in [7, 11) is 1.75. The molecule has 2 atom stereocenters. The Morgan fingerprint density at radius 3 is 2.40 bits per heavy atom. The molecule has 3 rings (SSSR count). The van der Waals surface area contributed by atoms with Crippen LogP contribution in [0.3, 0.4) is 0 Å². The number of rotatable bonds is 5. The van der Waals surface area contributed by atoms with Crippen LogP contribution in [0.25, 0.3) is 0 Å². The lowest BCUT2D eigenvalue weighted by molar-refractivity contribution is -0.143. The van der Waals surface area contributed by atoms with Crippen molar-refractivity contribution in [1.29, 1.82) is 0 Å². The van der Waals surface area contributed by atoms with E-state index < -0.39 is 6.10 Å². The molecule has 132 valence electrons. The summed E-state index contributed by atoms with van der Waals surface area (Å²) in [5.74, 6) is 1.95. The molecular weight excluding hydrogens is 318 g/mol. The van der Waals surface area contributed by atoms with E-state index in [1.54, 1.807) is 11.9 Å². The SMILES string of the molecule is Cc1ccc(OCCN(C)C(=O)[C@H]2Oc3ccccc3O[C@H]2C)cc1. The van der Waals surface area contributed by atoms with Crippen molar-refractivity contribution in [1.82, 2.24) is 4.90 Å². The minimum Gasteiger partial charge on any atom is -0.492 e. The number of benzene rings is 2. The van der Waals surface area contributed by atoms with Crippen LogP contribution in [0.5, 0.6) is 17.2 Å². The zero-order valence-electron chi connectivity index (χ0n) is 14.8. The first-order valence-electron chi connectivity index (χ1n) is 8.41. The van der Waals surface area contributed by atoms with Crippen molar-refractivity contribution in [3.05, 3.63) is 54.1 Å². The molecule has 0 saturated carbocycles. The third-order valence-electron chi connectivity index (χ3n) is 4.18. The van der Waals surface area contributed by atoms with Gasteiger partial charge in [-0.15, -0.1) is 0 Å². The number of fused-ring (bicyclic) bond motifs is 1. The minimum atomic E-state index is -0.653. The number of aryl methyl sites for hydroxylation is 1. The smallest absolute Gasteiger partial charge is 0.267 e. The number of ether oxygens (including phenoxy) is 3. The van der Waals surface area contributed by atoms with Gasteiger partial charge in [0.05, 0.1) is 6.54 Å². The van der Waals surface area contributed by atoms with Gasteiger partial charge in [-0.2, -0.15) is 0 Å². The summed E-state index contributed by atoms with van der Waals surface area (Å²) in [6, 6.07) is 15.2. The van der Waals surface area contributed by atoms with E-state index in [4.69, 9.17) is 14.2 Å². The number of hydrogen-bond donors (Lipinski definition) is 0. The van der Waals surface area contributed by atoms with Gasteiger partial charge in [0, 0.05) is 7.05 Å². The molecule has 0 aliphatic carbocycles. The summed E-state index contributed by atoms with van der Waals surface area (Å²) in [5, 5.41) is 0. The van der Waals surface area contributed by atoms with Crippen molar-refractivity contribution < 1.29 is 19.0 Å². The summed E-state index contributed by atoms with van der Waals surface area (Å²) < 4.78 is 17.3. The van der Waals surface area contributed by atoms with Crippen molar-refractivity contribution in [3.8, 4) is 17.2 Å². The molecule has 1 amide bonds. The predicted molar refractivity (Wildman–Crippen MR) is 95.3 cm³/mol. The van der Waals surface area contributed by atoms with Crippen LogP contribution < -0.4 is 14.2 Å². The Labute approximate surface area is 148 Å². The molecule has 0 fully saturated rings. The molecule has 1 heterocycles. The number of hydrogen-bond acceptors (Lipinski definition) is 4. The van der Waals surface area contributed by atoms with E-state index in [0.29, 0.717) is 24.7 Å². The van der Waals surface area contributed by atoms with Crippen LogP contribution >= 0.6 is 0 Å². The third kappa shape index (κ3) is 4.05. The first-order chi connectivity index (χ1) is 12.0. The van der Waals surface area contributed by atoms with Crippen LogP contribution in [-0.4, -0.2) is 43.2 Å². The normalized spacial score (nSPS) is 18.5. The van der Waals surface area contributed by atoms with Crippen molar-refractivity contribution in [2.75, 3.05) is 20.2 Å². The second kappa shape index (κ2) is 7.47. The Kier molecular flexibility index (Phi) is 5.12. The number of amides is 1. The van der Waals surface area contributed by atoms with E-state index >= 15 is 0 Å². The summed E-state index contributed by atoms with van der Waals surface area (Å²) in [4.78, 5) is 14.3. The van der Waals surface area contributed by atoms with Gasteiger partial charge in [0.1, 0.15) is 18.5 Å². The van der Waals surface area contributed by atoms with Crippen LogP contribution in [0.4, 0.5) is 0 Å². The summed E-state index contributed by atoms with van der Waals surface area (Å²) in [6.45, 7) is 4.77. The highest BCUT2D eigenvalue weighted by atomic mass is 16.6. The minimum absolute atomic E-state index is 0.116. The van der Waals surface area contributed by atoms with Gasteiger partial charge in [0.2, 0.25) is 6.10 Å². The van der Waals surface area contributed by atoms with Gasteiger partial charge in [-0.3, -0.25) is 4.79 Å². The molecule has 0 bridgehead atoms. The molecule has 0 aromatic heterocycles. The van der Waals surface area contributed by atoms with Gasteiger partial charge >= 0.3 is 0 Å². The molecule has 25 heavy (non-hydrogen) atoms. The molecule has 1 aliphatic rings. The molecule has 5 nitrogen and oxygen atoms in total. The number of likely N-dealkylation sites (N-methyl/N-ethyl adjacent to an activating group) is 1. The molecule has 1 aliphatic heterocycles.